The van der Waals surface area contributed by atoms with Crippen LogP contribution in [0, 0.1) is 6.92 Å². The number of sulfonamides is 1. The van der Waals surface area contributed by atoms with Gasteiger partial charge in [0.1, 0.15) is 0 Å². The van der Waals surface area contributed by atoms with Crippen molar-refractivity contribution >= 4 is 28.3 Å². The summed E-state index contributed by atoms with van der Waals surface area (Å²) in [5.74, 6) is -0.170. The summed E-state index contributed by atoms with van der Waals surface area (Å²) in [5, 5.41) is 0. The molecule has 9 heteroatoms. The van der Waals surface area contributed by atoms with E-state index in [1.54, 1.807) is 17.9 Å². The highest BCUT2D eigenvalue weighted by Crippen LogP contribution is 2.19. The van der Waals surface area contributed by atoms with Crippen LogP contribution in [0.3, 0.4) is 0 Å². The van der Waals surface area contributed by atoms with E-state index in [1.165, 1.54) is 19.2 Å². The molecule has 142 valence electrons. The van der Waals surface area contributed by atoms with Gasteiger partial charge >= 0.3 is 0 Å². The lowest BCUT2D eigenvalue weighted by atomic mass is 10.0. The molecule has 0 aromatic heterocycles. The van der Waals surface area contributed by atoms with Crippen LogP contribution in [0.25, 0.3) is 0 Å². The number of rotatable bonds is 6. The number of aryl methyl sites for hydroxylation is 1. The quantitative estimate of drug-likeness (QED) is 0.701. The first-order chi connectivity index (χ1) is 11.3. The van der Waals surface area contributed by atoms with E-state index >= 15 is 0 Å². The van der Waals surface area contributed by atoms with E-state index in [4.69, 9.17) is 10.5 Å². The number of amides is 1. The van der Waals surface area contributed by atoms with Crippen LogP contribution in [0.15, 0.2) is 23.1 Å². The zero-order valence-corrected chi connectivity index (χ0v) is 16.2. The zero-order valence-electron chi connectivity index (χ0n) is 14.5. The monoisotopic (exact) mass is 391 g/mol. The molecule has 1 heterocycles. The number of nitrogens with zero attached hydrogens (tertiary/aromatic N) is 1. The van der Waals surface area contributed by atoms with Gasteiger partial charge in [-0.05, 0) is 37.5 Å². The molecule has 0 radical (unpaired) electrons. The fourth-order valence-electron chi connectivity index (χ4n) is 2.72. The van der Waals surface area contributed by atoms with E-state index in [0.717, 1.165) is 18.4 Å². The van der Waals surface area contributed by atoms with Gasteiger partial charge in [0.2, 0.25) is 10.0 Å². The Labute approximate surface area is 155 Å². The van der Waals surface area contributed by atoms with Crippen LogP contribution in [0.5, 0.6) is 0 Å². The Morgan fingerprint density at radius 1 is 1.44 bits per heavy atom. The Morgan fingerprint density at radius 3 is 2.80 bits per heavy atom. The molecule has 1 unspecified atom stereocenters. The molecule has 1 saturated heterocycles. The smallest absolute Gasteiger partial charge is 0.254 e. The van der Waals surface area contributed by atoms with E-state index in [-0.39, 0.29) is 42.4 Å². The van der Waals surface area contributed by atoms with Crippen molar-refractivity contribution in [3.05, 3.63) is 29.3 Å². The van der Waals surface area contributed by atoms with Gasteiger partial charge in [0.05, 0.1) is 11.5 Å². The number of nitrogens with two attached hydrogens (primary N) is 1. The van der Waals surface area contributed by atoms with Gasteiger partial charge in [0.15, 0.2) is 0 Å². The summed E-state index contributed by atoms with van der Waals surface area (Å²) in [6.07, 6.45) is 1.77. The molecule has 1 atom stereocenters. The maximum Gasteiger partial charge on any atom is 0.254 e. The number of likely N-dealkylation sites (tertiary alicyclic amines) is 1. The van der Waals surface area contributed by atoms with Crippen molar-refractivity contribution in [2.45, 2.75) is 30.7 Å². The average Bonchev–Trinajstić information content (AvgIpc) is 2.54. The largest absolute Gasteiger partial charge is 0.383 e. The molecule has 0 saturated carbocycles. The predicted octanol–water partition coefficient (Wildman–Crippen LogP) is 0.905. The Morgan fingerprint density at radius 2 is 2.16 bits per heavy atom. The Balaban J connectivity index is 0.00000312. The van der Waals surface area contributed by atoms with Crippen molar-refractivity contribution < 1.29 is 17.9 Å². The fourth-order valence-corrected chi connectivity index (χ4v) is 3.76. The summed E-state index contributed by atoms with van der Waals surface area (Å²) in [5.41, 5.74) is 7.08. The number of methoxy groups -OCH3 is 1. The molecular formula is C16H26ClN3O4S. The van der Waals surface area contributed by atoms with Crippen LogP contribution in [0.2, 0.25) is 0 Å². The van der Waals surface area contributed by atoms with Crippen LogP contribution in [-0.4, -0.2) is 58.6 Å². The molecule has 1 aromatic carbocycles. The second kappa shape index (κ2) is 9.49. The molecule has 25 heavy (non-hydrogen) atoms. The molecule has 0 spiro atoms. The highest BCUT2D eigenvalue weighted by Gasteiger charge is 2.25. The van der Waals surface area contributed by atoms with Gasteiger partial charge in [-0.25, -0.2) is 13.1 Å². The highest BCUT2D eigenvalue weighted by molar-refractivity contribution is 7.89. The molecule has 0 bridgehead atoms. The minimum absolute atomic E-state index is 0. The van der Waals surface area contributed by atoms with Crippen molar-refractivity contribution in [3.63, 3.8) is 0 Å². The molecule has 1 aliphatic rings. The standard InChI is InChI=1S/C16H25N3O4S.ClH/c1-12-5-6-14(24(21,22)18-7-9-23-2)10-15(12)16(20)19-8-3-4-13(17)11-19;/h5-6,10,13,18H,3-4,7-9,11,17H2,1-2H3;1H. The third-order valence-corrected chi connectivity index (χ3v) is 5.55. The van der Waals surface area contributed by atoms with Gasteiger partial charge in [0, 0.05) is 38.3 Å². The van der Waals surface area contributed by atoms with Crippen LogP contribution < -0.4 is 10.5 Å². The summed E-state index contributed by atoms with van der Waals surface area (Å²) >= 11 is 0. The average molecular weight is 392 g/mol. The second-order valence-electron chi connectivity index (χ2n) is 6.02. The van der Waals surface area contributed by atoms with Gasteiger partial charge in [-0.3, -0.25) is 4.79 Å². The lowest BCUT2D eigenvalue weighted by Crippen LogP contribution is -2.45. The van der Waals surface area contributed by atoms with Crippen molar-refractivity contribution in [1.29, 1.82) is 0 Å². The molecule has 1 aromatic rings. The van der Waals surface area contributed by atoms with Gasteiger partial charge in [-0.2, -0.15) is 0 Å². The van der Waals surface area contributed by atoms with Crippen LogP contribution in [0.1, 0.15) is 28.8 Å². The number of nitrogens with one attached hydrogen (secondary N) is 1. The van der Waals surface area contributed by atoms with Crippen molar-refractivity contribution in [2.75, 3.05) is 33.4 Å². The molecule has 0 aliphatic carbocycles. The predicted molar refractivity (Wildman–Crippen MR) is 98.6 cm³/mol. The Hall–Kier alpha value is -1.19. The molecule has 1 fully saturated rings. The third-order valence-electron chi connectivity index (χ3n) is 4.09. The van der Waals surface area contributed by atoms with Gasteiger partial charge in [-0.15, -0.1) is 12.4 Å². The fraction of sp³-hybridized carbons (Fsp3) is 0.562. The van der Waals surface area contributed by atoms with E-state index in [0.29, 0.717) is 18.7 Å². The minimum atomic E-state index is -3.67. The highest BCUT2D eigenvalue weighted by atomic mass is 35.5. The molecule has 3 N–H and O–H groups in total. The van der Waals surface area contributed by atoms with Crippen molar-refractivity contribution in [1.82, 2.24) is 9.62 Å². The third kappa shape index (κ3) is 5.65. The number of piperidine rings is 1. The molecule has 1 amide bonds. The number of benzene rings is 1. The van der Waals surface area contributed by atoms with Crippen LogP contribution in [0.4, 0.5) is 0 Å². The first-order valence-electron chi connectivity index (χ1n) is 7.99. The maximum absolute atomic E-state index is 12.7. The lowest BCUT2D eigenvalue weighted by molar-refractivity contribution is 0.0708. The summed E-state index contributed by atoms with van der Waals surface area (Å²) < 4.78 is 31.9. The SMILES string of the molecule is COCCNS(=O)(=O)c1ccc(C)c(C(=O)N2CCCC(N)C2)c1.Cl. The Bertz CT molecular complexity index is 697. The van der Waals surface area contributed by atoms with Crippen molar-refractivity contribution in [3.8, 4) is 0 Å². The first-order valence-corrected chi connectivity index (χ1v) is 9.47. The molecule has 7 nitrogen and oxygen atoms in total. The summed E-state index contributed by atoms with van der Waals surface area (Å²) in [7, 11) is -2.17. The summed E-state index contributed by atoms with van der Waals surface area (Å²) in [6, 6.07) is 4.57. The number of ether oxygens (including phenoxy) is 1. The molecular weight excluding hydrogens is 366 g/mol. The van der Waals surface area contributed by atoms with E-state index in [1.807, 2.05) is 0 Å². The van der Waals surface area contributed by atoms with Crippen molar-refractivity contribution in [2.24, 2.45) is 5.73 Å². The summed E-state index contributed by atoms with van der Waals surface area (Å²) in [4.78, 5) is 14.5. The number of hydrogen-bond donors (Lipinski definition) is 2. The minimum Gasteiger partial charge on any atom is -0.383 e. The molecule has 2 rings (SSSR count). The number of carbonyl (C=O) groups excluding carboxylic acids is 1. The number of hydrogen-bond acceptors (Lipinski definition) is 5. The molecule has 1 aliphatic heterocycles. The zero-order chi connectivity index (χ0) is 17.7. The first kappa shape index (κ1) is 21.9. The lowest BCUT2D eigenvalue weighted by Gasteiger charge is -2.31. The van der Waals surface area contributed by atoms with E-state index in [9.17, 15) is 13.2 Å². The normalized spacial score (nSPS) is 17.9. The topological polar surface area (TPSA) is 102 Å². The number of halogens is 1. The maximum atomic E-state index is 12.7. The van der Waals surface area contributed by atoms with Gasteiger partial charge in [-0.1, -0.05) is 6.07 Å². The van der Waals surface area contributed by atoms with Gasteiger partial charge in [0.25, 0.3) is 5.91 Å². The van der Waals surface area contributed by atoms with E-state index < -0.39 is 10.0 Å². The van der Waals surface area contributed by atoms with E-state index in [2.05, 4.69) is 4.72 Å². The van der Waals surface area contributed by atoms with Crippen LogP contribution >= 0.6 is 12.4 Å². The van der Waals surface area contributed by atoms with Crippen LogP contribution in [-0.2, 0) is 14.8 Å². The Kier molecular flexibility index (Phi) is 8.30. The van der Waals surface area contributed by atoms with Gasteiger partial charge < -0.3 is 15.4 Å². The number of carbonyl (C=O) groups is 1. The second-order valence-corrected chi connectivity index (χ2v) is 7.79. The summed E-state index contributed by atoms with van der Waals surface area (Å²) in [6.45, 7) is 3.40.